The van der Waals surface area contributed by atoms with Gasteiger partial charge in [0.05, 0.1) is 6.54 Å². The fraction of sp³-hybridized carbons (Fsp3) is 0.474. The lowest BCUT2D eigenvalue weighted by atomic mass is 10.1. The Hall–Kier alpha value is -2.61. The number of carbonyl (C=O) groups is 3. The summed E-state index contributed by atoms with van der Waals surface area (Å²) in [5, 5.41) is 2.17. The molecule has 0 aromatic heterocycles. The van der Waals surface area contributed by atoms with Gasteiger partial charge in [-0.05, 0) is 43.8 Å². The van der Waals surface area contributed by atoms with E-state index >= 15 is 0 Å². The zero-order valence-electron chi connectivity index (χ0n) is 15.7. The van der Waals surface area contributed by atoms with E-state index in [-0.39, 0.29) is 6.54 Å². The fourth-order valence-corrected chi connectivity index (χ4v) is 2.79. The molecule has 0 radical (unpaired) electrons. The monoisotopic (exact) mass is 376 g/mol. The minimum atomic E-state index is -1.13. The zero-order chi connectivity index (χ0) is 19.8. The molecule has 27 heavy (non-hydrogen) atoms. The van der Waals surface area contributed by atoms with Gasteiger partial charge < -0.3 is 4.90 Å². The van der Waals surface area contributed by atoms with Crippen LogP contribution < -0.4 is 5.32 Å². The molecule has 1 aromatic rings. The number of halogens is 1. The van der Waals surface area contributed by atoms with Gasteiger partial charge >= 0.3 is 6.03 Å². The standard InChI is InChI=1S/C19H25FN4O3/c1-3-23(4-2)11-5-10-21-12-16-17(25)22-19(27)24(18(16)26)13-14-6-8-15(20)9-7-14/h6-9,12,16H,3-5,10-11,13H2,1-2H3,(H,22,25,27). The van der Waals surface area contributed by atoms with Crippen molar-refractivity contribution in [3.63, 3.8) is 0 Å². The summed E-state index contributed by atoms with van der Waals surface area (Å²) >= 11 is 0. The molecular weight excluding hydrogens is 351 g/mol. The van der Waals surface area contributed by atoms with Crippen LogP contribution in [0.4, 0.5) is 9.18 Å². The fourth-order valence-electron chi connectivity index (χ4n) is 2.79. The van der Waals surface area contributed by atoms with E-state index in [2.05, 4.69) is 29.1 Å². The van der Waals surface area contributed by atoms with E-state index in [1.54, 1.807) is 0 Å². The highest BCUT2D eigenvalue weighted by Crippen LogP contribution is 2.14. The molecule has 8 heteroatoms. The van der Waals surface area contributed by atoms with Gasteiger partial charge in [0.2, 0.25) is 11.8 Å². The molecule has 0 spiro atoms. The van der Waals surface area contributed by atoms with Crippen molar-refractivity contribution < 1.29 is 18.8 Å². The second-order valence-electron chi connectivity index (χ2n) is 6.26. The number of rotatable bonds is 9. The van der Waals surface area contributed by atoms with Crippen LogP contribution >= 0.6 is 0 Å². The summed E-state index contributed by atoms with van der Waals surface area (Å²) in [5.74, 6) is -2.83. The number of carbonyl (C=O) groups excluding carboxylic acids is 3. The maximum Gasteiger partial charge on any atom is 0.331 e. The summed E-state index contributed by atoms with van der Waals surface area (Å²) in [7, 11) is 0. The maximum absolute atomic E-state index is 13.0. The van der Waals surface area contributed by atoms with Crippen molar-refractivity contribution in [3.05, 3.63) is 35.6 Å². The van der Waals surface area contributed by atoms with Crippen LogP contribution in [0.15, 0.2) is 29.3 Å². The van der Waals surface area contributed by atoms with E-state index in [4.69, 9.17) is 0 Å². The van der Waals surface area contributed by atoms with Crippen molar-refractivity contribution in [2.24, 2.45) is 10.9 Å². The van der Waals surface area contributed by atoms with Gasteiger partial charge in [0.1, 0.15) is 5.82 Å². The molecule has 1 atom stereocenters. The van der Waals surface area contributed by atoms with Gasteiger partial charge in [-0.3, -0.25) is 24.8 Å². The Balaban J connectivity index is 1.96. The number of urea groups is 1. The molecular formula is C19H25FN4O3. The maximum atomic E-state index is 13.0. The third-order valence-electron chi connectivity index (χ3n) is 4.45. The molecule has 0 aliphatic carbocycles. The van der Waals surface area contributed by atoms with Gasteiger partial charge in [-0.2, -0.15) is 0 Å². The Morgan fingerprint density at radius 2 is 1.85 bits per heavy atom. The molecule has 1 unspecified atom stereocenters. The summed E-state index contributed by atoms with van der Waals surface area (Å²) in [6.45, 7) is 7.46. The average Bonchev–Trinajstić information content (AvgIpc) is 2.65. The number of hydrogen-bond acceptors (Lipinski definition) is 5. The molecule has 1 saturated heterocycles. The Kier molecular flexibility index (Phi) is 7.60. The van der Waals surface area contributed by atoms with Crippen molar-refractivity contribution in [2.75, 3.05) is 26.2 Å². The first-order valence-electron chi connectivity index (χ1n) is 9.09. The third-order valence-corrected chi connectivity index (χ3v) is 4.45. The van der Waals surface area contributed by atoms with Gasteiger partial charge in [0.15, 0.2) is 5.92 Å². The summed E-state index contributed by atoms with van der Waals surface area (Å²) in [5.41, 5.74) is 0.587. The molecule has 146 valence electrons. The van der Waals surface area contributed by atoms with Crippen molar-refractivity contribution in [1.29, 1.82) is 0 Å². The van der Waals surface area contributed by atoms with Crippen LogP contribution in [0.1, 0.15) is 25.8 Å². The first-order chi connectivity index (χ1) is 13.0. The molecule has 4 amide bonds. The van der Waals surface area contributed by atoms with Crippen molar-refractivity contribution in [3.8, 4) is 0 Å². The van der Waals surface area contributed by atoms with Crippen LogP contribution in [0, 0.1) is 11.7 Å². The van der Waals surface area contributed by atoms with E-state index in [9.17, 15) is 18.8 Å². The van der Waals surface area contributed by atoms with Crippen LogP contribution in [0.3, 0.4) is 0 Å². The molecule has 1 aliphatic heterocycles. The number of hydrogen-bond donors (Lipinski definition) is 1. The lowest BCUT2D eigenvalue weighted by molar-refractivity contribution is -0.139. The van der Waals surface area contributed by atoms with E-state index in [0.717, 1.165) is 31.0 Å². The number of amides is 4. The Morgan fingerprint density at radius 1 is 1.19 bits per heavy atom. The van der Waals surface area contributed by atoms with Crippen LogP contribution in [-0.4, -0.2) is 60.0 Å². The average molecular weight is 376 g/mol. The lowest BCUT2D eigenvalue weighted by Crippen LogP contribution is -2.57. The molecule has 2 rings (SSSR count). The van der Waals surface area contributed by atoms with Crippen LogP contribution in [-0.2, 0) is 16.1 Å². The molecule has 0 saturated carbocycles. The predicted molar refractivity (Wildman–Crippen MR) is 99.7 cm³/mol. The molecule has 7 nitrogen and oxygen atoms in total. The number of nitrogens with one attached hydrogen (secondary N) is 1. The number of aliphatic imine (C=N–C) groups is 1. The van der Waals surface area contributed by atoms with E-state index in [1.807, 2.05) is 0 Å². The van der Waals surface area contributed by atoms with Gasteiger partial charge in [0, 0.05) is 12.8 Å². The molecule has 1 fully saturated rings. The van der Waals surface area contributed by atoms with Crippen molar-refractivity contribution in [1.82, 2.24) is 15.1 Å². The van der Waals surface area contributed by atoms with Crippen LogP contribution in [0.25, 0.3) is 0 Å². The minimum Gasteiger partial charge on any atom is -0.304 e. The smallest absolute Gasteiger partial charge is 0.304 e. The first kappa shape index (κ1) is 20.7. The number of benzene rings is 1. The lowest BCUT2D eigenvalue weighted by Gasteiger charge is -2.28. The minimum absolute atomic E-state index is 0.0372. The quantitative estimate of drug-likeness (QED) is 0.405. The molecule has 1 N–H and O–H groups in total. The number of imide groups is 2. The first-order valence-corrected chi connectivity index (χ1v) is 9.09. The molecule has 0 bridgehead atoms. The summed E-state index contributed by atoms with van der Waals surface area (Å²) < 4.78 is 13.0. The van der Waals surface area contributed by atoms with Gasteiger partial charge in [-0.25, -0.2) is 9.18 Å². The number of barbiturate groups is 1. The van der Waals surface area contributed by atoms with E-state index < -0.39 is 29.6 Å². The summed E-state index contributed by atoms with van der Waals surface area (Å²) in [6.07, 6.45) is 2.13. The second kappa shape index (κ2) is 9.91. The van der Waals surface area contributed by atoms with Crippen molar-refractivity contribution >= 4 is 24.1 Å². The summed E-state index contributed by atoms with van der Waals surface area (Å²) in [4.78, 5) is 43.9. The SMILES string of the molecule is CCN(CC)CCCN=CC1C(=O)NC(=O)N(Cc2ccc(F)cc2)C1=O. The second-order valence-corrected chi connectivity index (χ2v) is 6.26. The third kappa shape index (κ3) is 5.68. The largest absolute Gasteiger partial charge is 0.331 e. The van der Waals surface area contributed by atoms with Gasteiger partial charge in [0.25, 0.3) is 0 Å². The highest BCUT2D eigenvalue weighted by Gasteiger charge is 2.39. The van der Waals surface area contributed by atoms with Crippen LogP contribution in [0.2, 0.25) is 0 Å². The normalized spacial score (nSPS) is 17.9. The predicted octanol–water partition coefficient (Wildman–Crippen LogP) is 1.82. The molecule has 1 aliphatic rings. The van der Waals surface area contributed by atoms with E-state index in [0.29, 0.717) is 12.1 Å². The van der Waals surface area contributed by atoms with E-state index in [1.165, 1.54) is 30.5 Å². The Bertz CT molecular complexity index is 701. The summed E-state index contributed by atoms with van der Waals surface area (Å²) in [6, 6.07) is 4.70. The topological polar surface area (TPSA) is 82.1 Å². The van der Waals surface area contributed by atoms with Gasteiger partial charge in [-0.1, -0.05) is 26.0 Å². The number of nitrogens with zero attached hydrogens (tertiary/aromatic N) is 3. The Morgan fingerprint density at radius 3 is 2.48 bits per heavy atom. The van der Waals surface area contributed by atoms with Crippen LogP contribution in [0.5, 0.6) is 0 Å². The zero-order valence-corrected chi connectivity index (χ0v) is 15.7. The van der Waals surface area contributed by atoms with Crippen molar-refractivity contribution in [2.45, 2.75) is 26.8 Å². The molecule has 1 aromatic carbocycles. The van der Waals surface area contributed by atoms with Gasteiger partial charge in [-0.15, -0.1) is 0 Å². The highest BCUT2D eigenvalue weighted by atomic mass is 19.1. The molecule has 1 heterocycles. The Labute approximate surface area is 158 Å². The highest BCUT2D eigenvalue weighted by molar-refractivity contribution is 6.23.